The second kappa shape index (κ2) is 44.6. The van der Waals surface area contributed by atoms with Crippen LogP contribution in [-0.4, -0.2) is 99.6 Å². The smallest absolute Gasteiger partial charge is 0.306 e. The molecule has 0 spiro atoms. The van der Waals surface area contributed by atoms with Gasteiger partial charge < -0.3 is 45.1 Å². The Kier molecular flexibility index (Phi) is 42.2. The van der Waals surface area contributed by atoms with Crippen molar-refractivity contribution in [3.05, 3.63) is 12.2 Å². The lowest BCUT2D eigenvalue weighted by Crippen LogP contribution is -2.61. The van der Waals surface area contributed by atoms with Gasteiger partial charge >= 0.3 is 5.97 Å². The first-order valence-corrected chi connectivity index (χ1v) is 28.0. The monoisotopic (exact) mass is 940 g/mol. The second-order valence-corrected chi connectivity index (χ2v) is 19.7. The summed E-state index contributed by atoms with van der Waals surface area (Å²) in [6.45, 7) is 5.78. The van der Waals surface area contributed by atoms with Crippen LogP contribution in [0, 0.1) is 0 Å². The Morgan fingerprint density at radius 1 is 0.576 bits per heavy atom. The SMILES string of the molecule is CCCCCCCCCCC/C=C/C(O)C(COC1OC(CO)C(O)C(O)C1OC(=O)CCCCCCCCCCCCCCC)NC(=O)C(O)CCCCCCCCCCCCCCC. The fraction of sp³-hybridized carbons (Fsp3) is 0.927. The molecule has 1 rings (SSSR count). The van der Waals surface area contributed by atoms with E-state index < -0.39 is 67.4 Å². The molecule has 0 aromatic heterocycles. The molecule has 0 saturated carbocycles. The molecule has 0 aromatic carbocycles. The topological polar surface area (TPSA) is 175 Å². The standard InChI is InChI=1S/C55H105NO10/c1-4-7-10-13-16-19-22-24-27-30-33-36-39-42-48(59)54(63)56-46(47(58)41-38-35-32-29-26-21-18-15-12-9-6-3)45-64-55-53(52(62)51(61)49(44-57)65-55)66-50(60)43-40-37-34-31-28-25-23-20-17-14-11-8-5-2/h38,41,46-49,51-53,55,57-59,61-62H,4-37,39-40,42-45H2,1-3H3,(H,56,63)/b41-38+. The molecule has 0 radical (unpaired) electrons. The third-order valence-electron chi connectivity index (χ3n) is 13.4. The average molecular weight is 940 g/mol. The Labute approximate surface area is 404 Å². The van der Waals surface area contributed by atoms with Gasteiger partial charge in [-0.05, 0) is 25.7 Å². The van der Waals surface area contributed by atoms with Crippen LogP contribution in [0.4, 0.5) is 0 Å². The summed E-state index contributed by atoms with van der Waals surface area (Å²) >= 11 is 0. The molecule has 6 N–H and O–H groups in total. The number of hydrogen-bond acceptors (Lipinski definition) is 10. The van der Waals surface area contributed by atoms with E-state index in [1.807, 2.05) is 6.08 Å². The van der Waals surface area contributed by atoms with Crippen LogP contribution in [0.3, 0.4) is 0 Å². The van der Waals surface area contributed by atoms with E-state index in [4.69, 9.17) is 14.2 Å². The number of amides is 1. The predicted molar refractivity (Wildman–Crippen MR) is 269 cm³/mol. The van der Waals surface area contributed by atoms with Gasteiger partial charge in [0.2, 0.25) is 5.91 Å². The van der Waals surface area contributed by atoms with E-state index in [0.29, 0.717) is 19.3 Å². The third kappa shape index (κ3) is 33.0. The molecule has 390 valence electrons. The molecule has 1 heterocycles. The maximum atomic E-state index is 13.3. The number of unbranched alkanes of at least 4 members (excludes halogenated alkanes) is 33. The van der Waals surface area contributed by atoms with E-state index in [0.717, 1.165) is 57.8 Å². The molecule has 1 saturated heterocycles. The number of ether oxygens (including phenoxy) is 3. The molecule has 1 aliphatic rings. The Balaban J connectivity index is 2.74. The number of aliphatic hydroxyl groups is 5. The number of esters is 1. The van der Waals surface area contributed by atoms with Crippen molar-refractivity contribution in [3.8, 4) is 0 Å². The Morgan fingerprint density at radius 3 is 1.42 bits per heavy atom. The number of carbonyl (C=O) groups excluding carboxylic acids is 2. The molecule has 11 heteroatoms. The first kappa shape index (κ1) is 62.4. The van der Waals surface area contributed by atoms with Gasteiger partial charge in [0.15, 0.2) is 12.4 Å². The minimum atomic E-state index is -1.60. The molecular formula is C55H105NO10. The van der Waals surface area contributed by atoms with Crippen LogP contribution < -0.4 is 5.32 Å². The number of carbonyl (C=O) groups is 2. The average Bonchev–Trinajstić information content (AvgIpc) is 3.31. The molecule has 8 atom stereocenters. The highest BCUT2D eigenvalue weighted by Gasteiger charge is 2.47. The summed E-state index contributed by atoms with van der Waals surface area (Å²) in [5.41, 5.74) is 0. The zero-order valence-corrected chi connectivity index (χ0v) is 42.8. The first-order valence-electron chi connectivity index (χ1n) is 28.0. The number of aliphatic hydroxyl groups excluding tert-OH is 5. The van der Waals surface area contributed by atoms with Crippen LogP contribution in [0.1, 0.15) is 265 Å². The molecule has 1 aliphatic heterocycles. The molecule has 1 amide bonds. The van der Waals surface area contributed by atoms with Gasteiger partial charge in [-0.1, -0.05) is 245 Å². The van der Waals surface area contributed by atoms with E-state index in [9.17, 15) is 35.1 Å². The Hall–Kier alpha value is -1.60. The minimum absolute atomic E-state index is 0.130. The number of allylic oxidation sites excluding steroid dienone is 1. The maximum absolute atomic E-state index is 13.3. The van der Waals surface area contributed by atoms with Crippen molar-refractivity contribution < 1.29 is 49.3 Å². The zero-order chi connectivity index (χ0) is 48.3. The van der Waals surface area contributed by atoms with Crippen LogP contribution in [0.15, 0.2) is 12.2 Å². The molecular weight excluding hydrogens is 835 g/mol. The van der Waals surface area contributed by atoms with Crippen molar-refractivity contribution >= 4 is 11.9 Å². The molecule has 66 heavy (non-hydrogen) atoms. The summed E-state index contributed by atoms with van der Waals surface area (Å²) in [7, 11) is 0. The molecule has 0 aromatic rings. The summed E-state index contributed by atoms with van der Waals surface area (Å²) in [6, 6.07) is -1.01. The highest BCUT2D eigenvalue weighted by Crippen LogP contribution is 2.26. The van der Waals surface area contributed by atoms with Gasteiger partial charge in [0.25, 0.3) is 0 Å². The number of rotatable bonds is 47. The van der Waals surface area contributed by atoms with E-state index in [1.54, 1.807) is 6.08 Å². The van der Waals surface area contributed by atoms with Crippen LogP contribution in [0.25, 0.3) is 0 Å². The highest BCUT2D eigenvalue weighted by atomic mass is 16.7. The van der Waals surface area contributed by atoms with Gasteiger partial charge in [-0.2, -0.15) is 0 Å². The van der Waals surface area contributed by atoms with Crippen LogP contribution in [0.2, 0.25) is 0 Å². The van der Waals surface area contributed by atoms with Crippen LogP contribution in [0.5, 0.6) is 0 Å². The number of nitrogens with one attached hydrogen (secondary N) is 1. The zero-order valence-electron chi connectivity index (χ0n) is 42.8. The third-order valence-corrected chi connectivity index (χ3v) is 13.4. The van der Waals surface area contributed by atoms with Gasteiger partial charge in [0.05, 0.1) is 25.4 Å². The largest absolute Gasteiger partial charge is 0.454 e. The van der Waals surface area contributed by atoms with Crippen LogP contribution in [-0.2, 0) is 23.8 Å². The lowest BCUT2D eigenvalue weighted by Gasteiger charge is -2.41. The minimum Gasteiger partial charge on any atom is -0.454 e. The Morgan fingerprint density at radius 2 is 0.985 bits per heavy atom. The predicted octanol–water partition coefficient (Wildman–Crippen LogP) is 12.0. The van der Waals surface area contributed by atoms with Gasteiger partial charge in [-0.25, -0.2) is 0 Å². The first-order chi connectivity index (χ1) is 32.2. The second-order valence-electron chi connectivity index (χ2n) is 19.7. The molecule has 8 unspecified atom stereocenters. The van der Waals surface area contributed by atoms with Gasteiger partial charge in [-0.3, -0.25) is 9.59 Å². The van der Waals surface area contributed by atoms with E-state index in [1.165, 1.54) is 161 Å². The summed E-state index contributed by atoms with van der Waals surface area (Å²) in [6.07, 6.45) is 36.9. The summed E-state index contributed by atoms with van der Waals surface area (Å²) < 4.78 is 17.5. The fourth-order valence-electron chi connectivity index (χ4n) is 8.95. The van der Waals surface area contributed by atoms with E-state index >= 15 is 0 Å². The van der Waals surface area contributed by atoms with Crippen molar-refractivity contribution in [1.82, 2.24) is 5.32 Å². The molecule has 0 bridgehead atoms. The van der Waals surface area contributed by atoms with Crippen molar-refractivity contribution in [3.63, 3.8) is 0 Å². The van der Waals surface area contributed by atoms with Gasteiger partial charge in [-0.15, -0.1) is 0 Å². The lowest BCUT2D eigenvalue weighted by molar-refractivity contribution is -0.305. The van der Waals surface area contributed by atoms with Gasteiger partial charge in [0.1, 0.15) is 24.4 Å². The Bertz CT molecular complexity index is 1130. The van der Waals surface area contributed by atoms with E-state index in [-0.39, 0.29) is 13.0 Å². The molecule has 11 nitrogen and oxygen atoms in total. The van der Waals surface area contributed by atoms with E-state index in [2.05, 4.69) is 26.1 Å². The quantitative estimate of drug-likeness (QED) is 0.0196. The summed E-state index contributed by atoms with van der Waals surface area (Å²) in [4.78, 5) is 26.4. The van der Waals surface area contributed by atoms with Gasteiger partial charge in [0, 0.05) is 6.42 Å². The maximum Gasteiger partial charge on any atom is 0.306 e. The summed E-state index contributed by atoms with van der Waals surface area (Å²) in [5.74, 6) is -1.18. The summed E-state index contributed by atoms with van der Waals surface area (Å²) in [5, 5.41) is 56.7. The fourth-order valence-corrected chi connectivity index (χ4v) is 8.95. The molecule has 0 aliphatic carbocycles. The van der Waals surface area contributed by atoms with Crippen LogP contribution >= 0.6 is 0 Å². The highest BCUT2D eigenvalue weighted by molar-refractivity contribution is 5.80. The number of hydrogen-bond donors (Lipinski definition) is 6. The van der Waals surface area contributed by atoms with Crippen molar-refractivity contribution in [2.24, 2.45) is 0 Å². The molecule has 1 fully saturated rings. The normalized spacial score (nSPS) is 20.2. The van der Waals surface area contributed by atoms with Crippen molar-refractivity contribution in [1.29, 1.82) is 0 Å². The van der Waals surface area contributed by atoms with Crippen molar-refractivity contribution in [2.75, 3.05) is 13.2 Å². The van der Waals surface area contributed by atoms with Crippen molar-refractivity contribution in [2.45, 2.75) is 314 Å². The lowest BCUT2D eigenvalue weighted by atomic mass is 9.99.